The second-order valence-corrected chi connectivity index (χ2v) is 9.21. The molecular formula is C20H32O2. The van der Waals surface area contributed by atoms with Crippen molar-refractivity contribution in [2.24, 2.45) is 34.5 Å². The molecule has 1 aliphatic heterocycles. The average molecular weight is 304 g/mol. The summed E-state index contributed by atoms with van der Waals surface area (Å²) in [6, 6.07) is 0. The van der Waals surface area contributed by atoms with Gasteiger partial charge in [-0.3, -0.25) is 4.79 Å². The minimum Gasteiger partial charge on any atom is -0.378 e. The molecule has 2 heteroatoms. The zero-order chi connectivity index (χ0) is 15.5. The van der Waals surface area contributed by atoms with Gasteiger partial charge < -0.3 is 4.74 Å². The zero-order valence-corrected chi connectivity index (χ0v) is 14.6. The van der Waals surface area contributed by atoms with E-state index in [9.17, 15) is 4.79 Å². The first kappa shape index (κ1) is 15.2. The van der Waals surface area contributed by atoms with Crippen LogP contribution in [0.3, 0.4) is 0 Å². The molecule has 1 heterocycles. The molecule has 0 aromatic heterocycles. The summed E-state index contributed by atoms with van der Waals surface area (Å²) in [6.45, 7) is 7.77. The van der Waals surface area contributed by atoms with Gasteiger partial charge in [-0.2, -0.15) is 0 Å². The van der Waals surface area contributed by atoms with Gasteiger partial charge in [-0.25, -0.2) is 0 Å². The number of carbonyl (C=O) groups is 1. The number of rotatable bonds is 1. The number of fused-ring (bicyclic) bond motifs is 5. The molecule has 4 aliphatic rings. The van der Waals surface area contributed by atoms with Crippen LogP contribution in [0, 0.1) is 34.5 Å². The molecule has 2 nitrogen and oxygen atoms in total. The molecule has 1 saturated heterocycles. The van der Waals surface area contributed by atoms with E-state index in [4.69, 9.17) is 4.74 Å². The standard InChI is InChI=1S/C20H32O2/c1-13(21)15-6-7-16-14-5-8-18-20(3,10-4-12-22-18)17(14)9-11-19(15,16)2/h14-18H,4-12H2,1-3H3. The first-order chi connectivity index (χ1) is 10.5. The third-order valence-electron chi connectivity index (χ3n) is 8.45. The Labute approximate surface area is 135 Å². The Bertz CT molecular complexity index is 472. The summed E-state index contributed by atoms with van der Waals surface area (Å²) in [4.78, 5) is 12.1. The Kier molecular flexibility index (Phi) is 3.49. The molecule has 22 heavy (non-hydrogen) atoms. The highest BCUT2D eigenvalue weighted by Gasteiger charge is 2.60. The molecule has 4 rings (SSSR count). The van der Waals surface area contributed by atoms with Crippen molar-refractivity contribution in [2.45, 2.75) is 78.2 Å². The minimum atomic E-state index is 0.297. The van der Waals surface area contributed by atoms with Crippen LogP contribution < -0.4 is 0 Å². The van der Waals surface area contributed by atoms with Crippen molar-refractivity contribution in [1.29, 1.82) is 0 Å². The first-order valence-corrected chi connectivity index (χ1v) is 9.59. The van der Waals surface area contributed by atoms with Gasteiger partial charge in [0.15, 0.2) is 0 Å². The van der Waals surface area contributed by atoms with Gasteiger partial charge in [-0.15, -0.1) is 0 Å². The lowest BCUT2D eigenvalue weighted by Gasteiger charge is -2.59. The normalized spacial score (nSPS) is 54.2. The maximum atomic E-state index is 12.1. The number of ether oxygens (including phenoxy) is 1. The maximum absolute atomic E-state index is 12.1. The third kappa shape index (κ3) is 1.92. The van der Waals surface area contributed by atoms with Crippen LogP contribution in [0.5, 0.6) is 0 Å². The van der Waals surface area contributed by atoms with E-state index in [1.807, 2.05) is 6.92 Å². The molecule has 7 unspecified atom stereocenters. The summed E-state index contributed by atoms with van der Waals surface area (Å²) in [5, 5.41) is 0. The van der Waals surface area contributed by atoms with Crippen molar-refractivity contribution in [3.8, 4) is 0 Å². The molecule has 4 fully saturated rings. The van der Waals surface area contributed by atoms with Crippen molar-refractivity contribution < 1.29 is 9.53 Å². The second-order valence-electron chi connectivity index (χ2n) is 9.21. The Morgan fingerprint density at radius 1 is 0.955 bits per heavy atom. The Morgan fingerprint density at radius 3 is 2.50 bits per heavy atom. The van der Waals surface area contributed by atoms with Crippen LogP contribution in [0.15, 0.2) is 0 Å². The van der Waals surface area contributed by atoms with Gasteiger partial charge in [-0.1, -0.05) is 13.8 Å². The predicted octanol–water partition coefficient (Wildman–Crippen LogP) is 4.61. The summed E-state index contributed by atoms with van der Waals surface area (Å²) < 4.78 is 6.18. The van der Waals surface area contributed by atoms with E-state index >= 15 is 0 Å². The number of carbonyl (C=O) groups excluding carboxylic acids is 1. The highest BCUT2D eigenvalue weighted by atomic mass is 16.5. The quantitative estimate of drug-likeness (QED) is 0.707. The van der Waals surface area contributed by atoms with Crippen LogP contribution in [-0.2, 0) is 9.53 Å². The van der Waals surface area contributed by atoms with Crippen LogP contribution in [0.1, 0.15) is 72.1 Å². The average Bonchev–Trinajstić information content (AvgIpc) is 2.84. The molecule has 3 aliphatic carbocycles. The molecular weight excluding hydrogens is 272 g/mol. The van der Waals surface area contributed by atoms with Gasteiger partial charge in [0, 0.05) is 12.5 Å². The van der Waals surface area contributed by atoms with Gasteiger partial charge in [0.2, 0.25) is 0 Å². The lowest BCUT2D eigenvalue weighted by molar-refractivity contribution is -0.174. The van der Waals surface area contributed by atoms with E-state index in [0.717, 1.165) is 30.8 Å². The maximum Gasteiger partial charge on any atom is 0.133 e. The van der Waals surface area contributed by atoms with Gasteiger partial charge in [0.25, 0.3) is 0 Å². The van der Waals surface area contributed by atoms with E-state index in [1.54, 1.807) is 0 Å². The van der Waals surface area contributed by atoms with E-state index in [-0.39, 0.29) is 0 Å². The number of hydrogen-bond acceptors (Lipinski definition) is 2. The van der Waals surface area contributed by atoms with Crippen molar-refractivity contribution >= 4 is 5.78 Å². The summed E-state index contributed by atoms with van der Waals surface area (Å²) in [5.74, 6) is 3.28. The second kappa shape index (κ2) is 5.06. The van der Waals surface area contributed by atoms with E-state index in [1.165, 1.54) is 44.9 Å². The van der Waals surface area contributed by atoms with Crippen molar-refractivity contribution in [3.05, 3.63) is 0 Å². The third-order valence-corrected chi connectivity index (χ3v) is 8.45. The van der Waals surface area contributed by atoms with Gasteiger partial charge in [0.1, 0.15) is 5.78 Å². The topological polar surface area (TPSA) is 26.3 Å². The molecule has 0 aromatic rings. The molecule has 0 N–H and O–H groups in total. The SMILES string of the molecule is CC(=O)C1CCC2C3CCC4OCCCC4(C)C3CCC12C. The highest BCUT2D eigenvalue weighted by molar-refractivity contribution is 5.79. The molecule has 0 aromatic carbocycles. The lowest BCUT2D eigenvalue weighted by atomic mass is 9.47. The fraction of sp³-hybridized carbons (Fsp3) is 0.950. The van der Waals surface area contributed by atoms with Crippen LogP contribution in [0.4, 0.5) is 0 Å². The monoisotopic (exact) mass is 304 g/mol. The molecule has 0 amide bonds. The predicted molar refractivity (Wildman–Crippen MR) is 87.5 cm³/mol. The smallest absolute Gasteiger partial charge is 0.133 e. The molecule has 7 atom stereocenters. The van der Waals surface area contributed by atoms with Crippen LogP contribution in [0.25, 0.3) is 0 Å². The molecule has 124 valence electrons. The molecule has 0 spiro atoms. The number of ketones is 1. The van der Waals surface area contributed by atoms with Crippen molar-refractivity contribution in [1.82, 2.24) is 0 Å². The fourth-order valence-corrected chi connectivity index (χ4v) is 7.39. The number of hydrogen-bond donors (Lipinski definition) is 0. The van der Waals surface area contributed by atoms with E-state index in [0.29, 0.717) is 28.6 Å². The van der Waals surface area contributed by atoms with Crippen LogP contribution in [0.2, 0.25) is 0 Å². The first-order valence-electron chi connectivity index (χ1n) is 9.59. The zero-order valence-electron chi connectivity index (χ0n) is 14.6. The summed E-state index contributed by atoms with van der Waals surface area (Å²) in [5.41, 5.74) is 0.711. The minimum absolute atomic E-state index is 0.297. The Hall–Kier alpha value is -0.370. The van der Waals surface area contributed by atoms with E-state index < -0.39 is 0 Å². The van der Waals surface area contributed by atoms with Gasteiger partial charge in [-0.05, 0) is 86.9 Å². The Morgan fingerprint density at radius 2 is 1.73 bits per heavy atom. The summed E-state index contributed by atoms with van der Waals surface area (Å²) in [7, 11) is 0. The largest absolute Gasteiger partial charge is 0.378 e. The summed E-state index contributed by atoms with van der Waals surface area (Å²) in [6.07, 6.45) is 10.8. The van der Waals surface area contributed by atoms with Crippen molar-refractivity contribution in [2.75, 3.05) is 6.61 Å². The molecule has 0 bridgehead atoms. The van der Waals surface area contributed by atoms with E-state index in [2.05, 4.69) is 13.8 Å². The summed E-state index contributed by atoms with van der Waals surface area (Å²) >= 11 is 0. The molecule has 0 radical (unpaired) electrons. The Balaban J connectivity index is 1.63. The fourth-order valence-electron chi connectivity index (χ4n) is 7.39. The number of Topliss-reactive ketones (excluding diaryl/α,β-unsaturated/α-hetero) is 1. The molecule has 3 saturated carbocycles. The van der Waals surface area contributed by atoms with Gasteiger partial charge in [0.05, 0.1) is 6.10 Å². The van der Waals surface area contributed by atoms with Crippen LogP contribution >= 0.6 is 0 Å². The van der Waals surface area contributed by atoms with Gasteiger partial charge >= 0.3 is 0 Å². The lowest BCUT2D eigenvalue weighted by Crippen LogP contribution is -2.56. The van der Waals surface area contributed by atoms with Crippen molar-refractivity contribution in [3.63, 3.8) is 0 Å². The van der Waals surface area contributed by atoms with Crippen LogP contribution in [-0.4, -0.2) is 18.5 Å². The highest BCUT2D eigenvalue weighted by Crippen LogP contribution is 2.65.